The van der Waals surface area contributed by atoms with Crippen LogP contribution >= 0.6 is 0 Å². The van der Waals surface area contributed by atoms with Gasteiger partial charge in [-0.1, -0.05) is 12.1 Å². The van der Waals surface area contributed by atoms with Crippen LogP contribution in [0.25, 0.3) is 0 Å². The van der Waals surface area contributed by atoms with Gasteiger partial charge in [0, 0.05) is 42.7 Å². The van der Waals surface area contributed by atoms with Crippen molar-refractivity contribution in [3.05, 3.63) is 59.9 Å². The molecule has 0 spiro atoms. The molecule has 0 radical (unpaired) electrons. The minimum atomic E-state index is -0.145. The van der Waals surface area contributed by atoms with E-state index in [0.29, 0.717) is 42.7 Å². The van der Waals surface area contributed by atoms with E-state index in [2.05, 4.69) is 10.3 Å². The number of aromatic nitrogens is 1. The summed E-state index contributed by atoms with van der Waals surface area (Å²) < 4.78 is 0. The molecule has 1 N–H and O–H groups in total. The minimum absolute atomic E-state index is 0.0386. The number of carbonyl (C=O) groups excluding carboxylic acids is 3. The SMILES string of the molecule is CC(=O)c1cccc(NC(=O)C2CCN(C(=O)c3cccnc3)CC2)c1. The Kier molecular flexibility index (Phi) is 5.41. The fourth-order valence-electron chi connectivity index (χ4n) is 3.08. The van der Waals surface area contributed by atoms with Crippen LogP contribution in [-0.4, -0.2) is 40.6 Å². The van der Waals surface area contributed by atoms with E-state index < -0.39 is 0 Å². The van der Waals surface area contributed by atoms with Crippen LogP contribution in [-0.2, 0) is 4.79 Å². The van der Waals surface area contributed by atoms with Crippen molar-refractivity contribution >= 4 is 23.3 Å². The van der Waals surface area contributed by atoms with Crippen molar-refractivity contribution in [2.45, 2.75) is 19.8 Å². The van der Waals surface area contributed by atoms with E-state index in [0.717, 1.165) is 0 Å². The molecule has 134 valence electrons. The first-order valence-electron chi connectivity index (χ1n) is 8.66. The van der Waals surface area contributed by atoms with Crippen LogP contribution in [0, 0.1) is 5.92 Å². The molecule has 0 unspecified atom stereocenters. The molecule has 1 fully saturated rings. The van der Waals surface area contributed by atoms with Gasteiger partial charge in [0.2, 0.25) is 5.91 Å². The second-order valence-electron chi connectivity index (χ2n) is 6.43. The lowest BCUT2D eigenvalue weighted by Gasteiger charge is -2.31. The lowest BCUT2D eigenvalue weighted by atomic mass is 9.95. The third kappa shape index (κ3) is 4.14. The number of piperidine rings is 1. The Labute approximate surface area is 152 Å². The summed E-state index contributed by atoms with van der Waals surface area (Å²) >= 11 is 0. The highest BCUT2D eigenvalue weighted by Gasteiger charge is 2.28. The Morgan fingerprint density at radius 1 is 1.08 bits per heavy atom. The van der Waals surface area contributed by atoms with E-state index in [9.17, 15) is 14.4 Å². The average molecular weight is 351 g/mol. The Bertz CT molecular complexity index is 812. The molecule has 1 saturated heterocycles. The first-order valence-corrected chi connectivity index (χ1v) is 8.66. The predicted molar refractivity (Wildman–Crippen MR) is 97.9 cm³/mol. The van der Waals surface area contributed by atoms with Gasteiger partial charge in [0.05, 0.1) is 5.56 Å². The second kappa shape index (κ2) is 7.91. The first-order chi connectivity index (χ1) is 12.5. The zero-order valence-corrected chi connectivity index (χ0v) is 14.6. The molecule has 1 aliphatic rings. The number of anilines is 1. The van der Waals surface area contributed by atoms with Gasteiger partial charge in [-0.3, -0.25) is 19.4 Å². The van der Waals surface area contributed by atoms with Gasteiger partial charge in [0.15, 0.2) is 5.78 Å². The Hall–Kier alpha value is -3.02. The van der Waals surface area contributed by atoms with Crippen LogP contribution < -0.4 is 5.32 Å². The fourth-order valence-corrected chi connectivity index (χ4v) is 3.08. The zero-order chi connectivity index (χ0) is 18.5. The number of hydrogen-bond donors (Lipinski definition) is 1. The molecular formula is C20H21N3O3. The molecule has 6 nitrogen and oxygen atoms in total. The normalized spacial score (nSPS) is 14.7. The van der Waals surface area contributed by atoms with Gasteiger partial charge >= 0.3 is 0 Å². The van der Waals surface area contributed by atoms with Crippen molar-refractivity contribution in [1.82, 2.24) is 9.88 Å². The topological polar surface area (TPSA) is 79.4 Å². The molecule has 2 amide bonds. The summed E-state index contributed by atoms with van der Waals surface area (Å²) in [6, 6.07) is 10.4. The van der Waals surface area contributed by atoms with Crippen molar-refractivity contribution in [2.75, 3.05) is 18.4 Å². The summed E-state index contributed by atoms with van der Waals surface area (Å²) in [5.74, 6) is -0.303. The number of carbonyl (C=O) groups is 3. The molecule has 0 saturated carbocycles. The second-order valence-corrected chi connectivity index (χ2v) is 6.43. The van der Waals surface area contributed by atoms with Gasteiger partial charge in [-0.2, -0.15) is 0 Å². The molecule has 2 heterocycles. The van der Waals surface area contributed by atoms with Crippen LogP contribution in [0.1, 0.15) is 40.5 Å². The number of likely N-dealkylation sites (tertiary alicyclic amines) is 1. The van der Waals surface area contributed by atoms with Crippen LogP contribution in [0.3, 0.4) is 0 Å². The Balaban J connectivity index is 1.56. The van der Waals surface area contributed by atoms with Crippen LogP contribution in [0.15, 0.2) is 48.8 Å². The average Bonchev–Trinajstić information content (AvgIpc) is 2.68. The standard InChI is InChI=1S/C20H21N3O3/c1-14(24)16-4-2-6-18(12-16)22-19(25)15-7-10-23(11-8-15)20(26)17-5-3-9-21-13-17/h2-6,9,12-13,15H,7-8,10-11H2,1H3,(H,22,25). The summed E-state index contributed by atoms with van der Waals surface area (Å²) in [5, 5.41) is 2.88. The highest BCUT2D eigenvalue weighted by Crippen LogP contribution is 2.21. The van der Waals surface area contributed by atoms with Gasteiger partial charge in [-0.25, -0.2) is 0 Å². The van der Waals surface area contributed by atoms with Gasteiger partial charge in [0.25, 0.3) is 5.91 Å². The Morgan fingerprint density at radius 2 is 1.81 bits per heavy atom. The number of rotatable bonds is 4. The molecule has 0 bridgehead atoms. The molecule has 6 heteroatoms. The van der Waals surface area contributed by atoms with Gasteiger partial charge in [0.1, 0.15) is 0 Å². The molecule has 3 rings (SSSR count). The quantitative estimate of drug-likeness (QED) is 0.859. The molecule has 1 aromatic heterocycles. The summed E-state index contributed by atoms with van der Waals surface area (Å²) in [7, 11) is 0. The fraction of sp³-hybridized carbons (Fsp3) is 0.300. The van der Waals surface area contributed by atoms with Gasteiger partial charge < -0.3 is 10.2 Å². The molecule has 1 aromatic carbocycles. The summed E-state index contributed by atoms with van der Waals surface area (Å²) in [5.41, 5.74) is 1.76. The molecule has 0 aliphatic carbocycles. The predicted octanol–water partition coefficient (Wildman–Crippen LogP) is 2.78. The third-order valence-corrected chi connectivity index (χ3v) is 4.60. The van der Waals surface area contributed by atoms with E-state index in [-0.39, 0.29) is 23.5 Å². The zero-order valence-electron chi connectivity index (χ0n) is 14.6. The smallest absolute Gasteiger partial charge is 0.255 e. The van der Waals surface area contributed by atoms with E-state index in [1.807, 2.05) is 0 Å². The summed E-state index contributed by atoms with van der Waals surface area (Å²) in [6.45, 7) is 2.58. The third-order valence-electron chi connectivity index (χ3n) is 4.60. The summed E-state index contributed by atoms with van der Waals surface area (Å²) in [6.07, 6.45) is 4.42. The lowest BCUT2D eigenvalue weighted by molar-refractivity contribution is -0.121. The number of pyridine rings is 1. The Morgan fingerprint density at radius 3 is 2.46 bits per heavy atom. The highest BCUT2D eigenvalue weighted by atomic mass is 16.2. The highest BCUT2D eigenvalue weighted by molar-refractivity contribution is 5.98. The van der Waals surface area contributed by atoms with Crippen molar-refractivity contribution in [1.29, 1.82) is 0 Å². The van der Waals surface area contributed by atoms with Crippen LogP contribution in [0.5, 0.6) is 0 Å². The van der Waals surface area contributed by atoms with E-state index >= 15 is 0 Å². The van der Waals surface area contributed by atoms with Gasteiger partial charge in [-0.15, -0.1) is 0 Å². The number of amides is 2. The van der Waals surface area contributed by atoms with E-state index in [4.69, 9.17) is 0 Å². The first kappa shape index (κ1) is 17.8. The number of nitrogens with one attached hydrogen (secondary N) is 1. The lowest BCUT2D eigenvalue weighted by Crippen LogP contribution is -2.41. The van der Waals surface area contributed by atoms with Crippen molar-refractivity contribution < 1.29 is 14.4 Å². The molecule has 2 aromatic rings. The molecular weight excluding hydrogens is 330 g/mol. The monoisotopic (exact) mass is 351 g/mol. The van der Waals surface area contributed by atoms with Crippen LogP contribution in [0.2, 0.25) is 0 Å². The maximum absolute atomic E-state index is 12.5. The molecule has 1 aliphatic heterocycles. The largest absolute Gasteiger partial charge is 0.339 e. The maximum Gasteiger partial charge on any atom is 0.255 e. The van der Waals surface area contributed by atoms with Gasteiger partial charge in [-0.05, 0) is 44.0 Å². The molecule has 0 atom stereocenters. The number of nitrogens with zero attached hydrogens (tertiary/aromatic N) is 2. The minimum Gasteiger partial charge on any atom is -0.339 e. The van der Waals surface area contributed by atoms with Crippen molar-refractivity contribution in [2.24, 2.45) is 5.92 Å². The van der Waals surface area contributed by atoms with Crippen molar-refractivity contribution in [3.8, 4) is 0 Å². The number of benzene rings is 1. The maximum atomic E-state index is 12.5. The van der Waals surface area contributed by atoms with Crippen LogP contribution in [0.4, 0.5) is 5.69 Å². The van der Waals surface area contributed by atoms with E-state index in [1.165, 1.54) is 6.92 Å². The summed E-state index contributed by atoms with van der Waals surface area (Å²) in [4.78, 5) is 42.1. The number of Topliss-reactive ketones (excluding diaryl/α,β-unsaturated/α-hetero) is 1. The van der Waals surface area contributed by atoms with E-state index in [1.54, 1.807) is 53.7 Å². The number of ketones is 1. The van der Waals surface area contributed by atoms with Crippen molar-refractivity contribution in [3.63, 3.8) is 0 Å². The number of hydrogen-bond acceptors (Lipinski definition) is 4. The molecule has 26 heavy (non-hydrogen) atoms.